The SMILES string of the molecule is O=C(NC(C(F)F)C(F)C(F)F)c1cn(-c2c(F)cc(F)cc2F)c2nc(N3CC[C@H](O)C3)c(F)cc2c1=O. The molecular formula is C23H17F9N4O3. The third-order valence-electron chi connectivity index (χ3n) is 6.00. The number of aliphatic hydroxyl groups excluding tert-OH is 1. The summed E-state index contributed by atoms with van der Waals surface area (Å²) in [5, 5.41) is 10.2. The Hall–Kier alpha value is -3.82. The number of nitrogens with one attached hydrogen (secondary N) is 1. The van der Waals surface area contributed by atoms with Crippen molar-refractivity contribution in [3.63, 3.8) is 0 Å². The van der Waals surface area contributed by atoms with Gasteiger partial charge in [-0.2, -0.15) is 0 Å². The molecular weight excluding hydrogens is 551 g/mol. The van der Waals surface area contributed by atoms with Gasteiger partial charge < -0.3 is 15.3 Å². The van der Waals surface area contributed by atoms with Gasteiger partial charge in [0.1, 0.15) is 23.1 Å². The highest BCUT2D eigenvalue weighted by atomic mass is 19.3. The van der Waals surface area contributed by atoms with Crippen molar-refractivity contribution < 1.29 is 49.4 Å². The Labute approximate surface area is 212 Å². The van der Waals surface area contributed by atoms with Gasteiger partial charge in [-0.1, -0.05) is 0 Å². The van der Waals surface area contributed by atoms with Crippen molar-refractivity contribution in [1.29, 1.82) is 0 Å². The molecule has 0 saturated carbocycles. The van der Waals surface area contributed by atoms with Crippen LogP contribution in [0, 0.1) is 23.3 Å². The van der Waals surface area contributed by atoms with Gasteiger partial charge in [0, 0.05) is 31.4 Å². The maximum Gasteiger partial charge on any atom is 0.271 e. The highest BCUT2D eigenvalue weighted by molar-refractivity contribution is 5.97. The van der Waals surface area contributed by atoms with Crippen LogP contribution in [0.3, 0.4) is 0 Å². The molecule has 3 heterocycles. The van der Waals surface area contributed by atoms with E-state index in [1.165, 1.54) is 10.2 Å². The zero-order chi connectivity index (χ0) is 28.8. The molecule has 2 unspecified atom stereocenters. The number of carbonyl (C=O) groups is 1. The molecule has 2 N–H and O–H groups in total. The van der Waals surface area contributed by atoms with Crippen molar-refractivity contribution in [2.24, 2.45) is 0 Å². The molecule has 39 heavy (non-hydrogen) atoms. The average Bonchev–Trinajstić information content (AvgIpc) is 3.28. The minimum Gasteiger partial charge on any atom is -0.391 e. The molecule has 16 heteroatoms. The first-order valence-corrected chi connectivity index (χ1v) is 11.1. The molecule has 1 saturated heterocycles. The van der Waals surface area contributed by atoms with E-state index >= 15 is 4.39 Å². The molecule has 1 aliphatic rings. The van der Waals surface area contributed by atoms with Gasteiger partial charge in [0.05, 0.1) is 11.5 Å². The maximum absolute atomic E-state index is 15.0. The average molecular weight is 568 g/mol. The molecule has 4 rings (SSSR count). The second kappa shape index (κ2) is 10.7. The molecule has 7 nitrogen and oxygen atoms in total. The van der Waals surface area contributed by atoms with Gasteiger partial charge >= 0.3 is 0 Å². The van der Waals surface area contributed by atoms with Gasteiger partial charge in [-0.05, 0) is 12.5 Å². The molecule has 1 fully saturated rings. The van der Waals surface area contributed by atoms with Gasteiger partial charge in [0.25, 0.3) is 18.8 Å². The van der Waals surface area contributed by atoms with Crippen LogP contribution in [0.4, 0.5) is 45.3 Å². The monoisotopic (exact) mass is 568 g/mol. The van der Waals surface area contributed by atoms with Crippen LogP contribution in [-0.2, 0) is 0 Å². The molecule has 2 aromatic heterocycles. The summed E-state index contributed by atoms with van der Waals surface area (Å²) in [6.45, 7) is 0.00705. The molecule has 3 atom stereocenters. The zero-order valence-corrected chi connectivity index (χ0v) is 19.3. The molecule has 1 aromatic carbocycles. The van der Waals surface area contributed by atoms with Crippen molar-refractivity contribution in [2.45, 2.75) is 37.6 Å². The first kappa shape index (κ1) is 28.2. The number of aliphatic hydroxyl groups is 1. The van der Waals surface area contributed by atoms with Crippen LogP contribution in [0.2, 0.25) is 0 Å². The predicted molar refractivity (Wildman–Crippen MR) is 118 cm³/mol. The summed E-state index contributed by atoms with van der Waals surface area (Å²) in [6, 6.07) is -2.10. The van der Waals surface area contributed by atoms with Crippen molar-refractivity contribution >= 4 is 22.8 Å². The number of nitrogens with zero attached hydrogens (tertiary/aromatic N) is 3. The van der Waals surface area contributed by atoms with Gasteiger partial charge in [-0.3, -0.25) is 14.2 Å². The van der Waals surface area contributed by atoms with Crippen molar-refractivity contribution in [3.05, 3.63) is 63.5 Å². The number of benzene rings is 1. The fraction of sp³-hybridized carbons (Fsp3) is 0.348. The Bertz CT molecular complexity index is 1460. The van der Waals surface area contributed by atoms with Gasteiger partial charge in [0.15, 0.2) is 35.1 Å². The van der Waals surface area contributed by atoms with E-state index < -0.39 is 93.9 Å². The number of hydrogen-bond acceptors (Lipinski definition) is 5. The number of carbonyl (C=O) groups excluding carboxylic acids is 1. The van der Waals surface area contributed by atoms with Crippen LogP contribution < -0.4 is 15.6 Å². The highest BCUT2D eigenvalue weighted by Gasteiger charge is 2.38. The van der Waals surface area contributed by atoms with Crippen LogP contribution in [0.25, 0.3) is 16.7 Å². The fourth-order valence-corrected chi connectivity index (χ4v) is 4.13. The Kier molecular flexibility index (Phi) is 7.77. The van der Waals surface area contributed by atoms with Crippen LogP contribution >= 0.6 is 0 Å². The predicted octanol–water partition coefficient (Wildman–Crippen LogP) is 3.48. The molecule has 0 spiro atoms. The van der Waals surface area contributed by atoms with Gasteiger partial charge in [0.2, 0.25) is 5.43 Å². The van der Waals surface area contributed by atoms with Crippen LogP contribution in [-0.4, -0.2) is 64.8 Å². The number of pyridine rings is 2. The largest absolute Gasteiger partial charge is 0.391 e. The van der Waals surface area contributed by atoms with Crippen LogP contribution in [0.5, 0.6) is 0 Å². The summed E-state index contributed by atoms with van der Waals surface area (Å²) in [7, 11) is 0. The number of aromatic nitrogens is 2. The van der Waals surface area contributed by atoms with E-state index in [0.29, 0.717) is 16.8 Å². The van der Waals surface area contributed by atoms with E-state index in [-0.39, 0.29) is 31.6 Å². The summed E-state index contributed by atoms with van der Waals surface area (Å²) in [4.78, 5) is 30.9. The zero-order valence-electron chi connectivity index (χ0n) is 19.3. The second-order valence-corrected chi connectivity index (χ2v) is 8.63. The van der Waals surface area contributed by atoms with E-state index in [1.54, 1.807) is 0 Å². The fourth-order valence-electron chi connectivity index (χ4n) is 4.13. The Morgan fingerprint density at radius 2 is 1.64 bits per heavy atom. The lowest BCUT2D eigenvalue weighted by Gasteiger charge is -2.22. The number of halogens is 9. The number of rotatable bonds is 7. The van der Waals surface area contributed by atoms with E-state index in [2.05, 4.69) is 4.98 Å². The summed E-state index contributed by atoms with van der Waals surface area (Å²) in [5.74, 6) is -8.00. The number of hydrogen-bond donors (Lipinski definition) is 2. The summed E-state index contributed by atoms with van der Waals surface area (Å²) in [5.41, 5.74) is -4.44. The minimum absolute atomic E-state index is 0.0943. The molecule has 0 bridgehead atoms. The third-order valence-corrected chi connectivity index (χ3v) is 6.00. The second-order valence-electron chi connectivity index (χ2n) is 8.63. The van der Waals surface area contributed by atoms with Crippen LogP contribution in [0.15, 0.2) is 29.2 Å². The van der Waals surface area contributed by atoms with Gasteiger partial charge in [-0.25, -0.2) is 44.5 Å². The Balaban J connectivity index is 1.96. The topological polar surface area (TPSA) is 87.5 Å². The maximum atomic E-state index is 15.0. The number of anilines is 1. The first-order valence-electron chi connectivity index (χ1n) is 11.1. The quantitative estimate of drug-likeness (QED) is 0.427. The lowest BCUT2D eigenvalue weighted by molar-refractivity contribution is -0.0201. The Morgan fingerprint density at radius 3 is 2.18 bits per heavy atom. The molecule has 1 aliphatic heterocycles. The molecule has 0 aliphatic carbocycles. The third kappa shape index (κ3) is 5.37. The summed E-state index contributed by atoms with van der Waals surface area (Å²) < 4.78 is 124. The van der Waals surface area contributed by atoms with Crippen LogP contribution in [0.1, 0.15) is 16.8 Å². The summed E-state index contributed by atoms with van der Waals surface area (Å²) in [6.07, 6.45) is -11.6. The minimum atomic E-state index is -3.94. The number of β-amino-alcohol motifs (C(OH)–C–C–N with tert-alkyl or cyclic N) is 1. The lowest BCUT2D eigenvalue weighted by Crippen LogP contribution is -2.49. The van der Waals surface area contributed by atoms with Crippen molar-refractivity contribution in [3.8, 4) is 5.69 Å². The molecule has 0 radical (unpaired) electrons. The van der Waals surface area contributed by atoms with Crippen molar-refractivity contribution in [2.75, 3.05) is 18.0 Å². The number of fused-ring (bicyclic) bond motifs is 1. The Morgan fingerprint density at radius 1 is 1.00 bits per heavy atom. The number of alkyl halides is 5. The highest BCUT2D eigenvalue weighted by Crippen LogP contribution is 2.28. The van der Waals surface area contributed by atoms with E-state index in [0.717, 1.165) is 0 Å². The van der Waals surface area contributed by atoms with E-state index in [1.807, 2.05) is 0 Å². The smallest absolute Gasteiger partial charge is 0.271 e. The number of amides is 1. The standard InChI is InChI=1S/C23H17F9N4O3/c24-8-3-12(25)17(13(26)4-8)36-7-11(23(39)33-16(20(31)32)15(28)19(29)30)18(38)10-5-14(27)22(34-21(10)36)35-2-1-9(37)6-35/h3-5,7,9,15-16,19-20,37H,1-2,6H2,(H,33,39)/t9-,15?,16?/m0/s1. The van der Waals surface area contributed by atoms with Gasteiger partial charge in [-0.15, -0.1) is 0 Å². The summed E-state index contributed by atoms with van der Waals surface area (Å²) >= 11 is 0. The first-order chi connectivity index (χ1) is 18.3. The lowest BCUT2D eigenvalue weighted by atomic mass is 10.1. The molecule has 1 amide bonds. The van der Waals surface area contributed by atoms with E-state index in [4.69, 9.17) is 0 Å². The van der Waals surface area contributed by atoms with E-state index in [9.17, 15) is 49.8 Å². The molecule has 3 aromatic rings. The molecule has 210 valence electrons. The normalized spacial score (nSPS) is 17.3. The van der Waals surface area contributed by atoms with Crippen molar-refractivity contribution in [1.82, 2.24) is 14.9 Å².